The number of fused-ring (bicyclic) bond motifs is 1. The van der Waals surface area contributed by atoms with Gasteiger partial charge in [-0.05, 0) is 31.2 Å². The van der Waals surface area contributed by atoms with Gasteiger partial charge in [0.05, 0.1) is 5.92 Å². The molecule has 0 unspecified atom stereocenters. The molecule has 3 fully saturated rings. The summed E-state index contributed by atoms with van der Waals surface area (Å²) >= 11 is 0. The van der Waals surface area contributed by atoms with Crippen LogP contribution in [0.3, 0.4) is 0 Å². The van der Waals surface area contributed by atoms with Crippen LogP contribution in [0.4, 0.5) is 0 Å². The van der Waals surface area contributed by atoms with E-state index in [0.29, 0.717) is 12.8 Å². The number of rotatable bonds is 3. The summed E-state index contributed by atoms with van der Waals surface area (Å²) in [4.78, 5) is 53.9. The number of allylic oxidation sites excluding steroid dienone is 2. The Morgan fingerprint density at radius 2 is 1.84 bits per heavy atom. The van der Waals surface area contributed by atoms with E-state index >= 15 is 0 Å². The van der Waals surface area contributed by atoms with E-state index in [1.807, 2.05) is 44.2 Å². The minimum atomic E-state index is -1.83. The van der Waals surface area contributed by atoms with Crippen molar-refractivity contribution in [3.8, 4) is 0 Å². The zero-order chi connectivity index (χ0) is 27.6. The number of hydrogen-bond donors (Lipinski definition) is 2. The van der Waals surface area contributed by atoms with E-state index in [1.165, 1.54) is 13.8 Å². The largest absolute Gasteiger partial charge is 0.458 e. The van der Waals surface area contributed by atoms with E-state index < -0.39 is 47.1 Å². The van der Waals surface area contributed by atoms with Crippen molar-refractivity contribution in [2.45, 2.75) is 77.4 Å². The summed E-state index contributed by atoms with van der Waals surface area (Å²) in [6.45, 7) is 8.28. The molecule has 1 spiro atoms. The molecule has 4 aliphatic rings. The van der Waals surface area contributed by atoms with Crippen molar-refractivity contribution in [2.24, 2.45) is 35.0 Å². The Labute approximate surface area is 223 Å². The molecule has 1 aromatic carbocycles. The van der Waals surface area contributed by atoms with Crippen molar-refractivity contribution in [1.82, 2.24) is 5.32 Å². The topological polar surface area (TPSA) is 122 Å². The molecule has 204 valence electrons. The zero-order valence-corrected chi connectivity index (χ0v) is 22.5. The van der Waals surface area contributed by atoms with Gasteiger partial charge in [0, 0.05) is 30.7 Å². The molecule has 2 aliphatic heterocycles. The number of epoxide rings is 1. The first-order valence-electron chi connectivity index (χ1n) is 13.6. The number of amides is 1. The second-order valence-electron chi connectivity index (χ2n) is 11.9. The summed E-state index contributed by atoms with van der Waals surface area (Å²) in [5.74, 6) is -3.78. The maximum atomic E-state index is 14.3. The third kappa shape index (κ3) is 3.95. The number of ketones is 2. The number of carbonyl (C=O) groups is 4. The SMILES string of the molecule is CC(=O)O[C@@H]1[C@@H]2O[C@H]2[C@@](C)(O)C(=O)[C@@H](C)CC=C[C@H]2C(=O)[C@H](C)[C@@H](C)[C@H]3[C@H](Cc4ccccc4)NC(=O)[C@@]312. The minimum Gasteiger partial charge on any atom is -0.458 e. The molecule has 1 saturated carbocycles. The monoisotopic (exact) mass is 523 g/mol. The summed E-state index contributed by atoms with van der Waals surface area (Å²) < 4.78 is 11.8. The molecule has 11 atom stereocenters. The lowest BCUT2D eigenvalue weighted by molar-refractivity contribution is -0.178. The van der Waals surface area contributed by atoms with E-state index in [0.717, 1.165) is 5.56 Å². The van der Waals surface area contributed by atoms with Crippen LogP contribution in [-0.2, 0) is 35.1 Å². The first-order chi connectivity index (χ1) is 17.9. The van der Waals surface area contributed by atoms with E-state index in [9.17, 15) is 24.3 Å². The van der Waals surface area contributed by atoms with Crippen molar-refractivity contribution in [1.29, 1.82) is 0 Å². The Balaban J connectivity index is 1.70. The van der Waals surface area contributed by atoms with Crippen molar-refractivity contribution in [3.05, 3.63) is 48.0 Å². The predicted octanol–water partition coefficient (Wildman–Crippen LogP) is 2.42. The number of carbonyl (C=O) groups excluding carboxylic acids is 4. The molecule has 0 bridgehead atoms. The molecule has 5 rings (SSSR count). The van der Waals surface area contributed by atoms with Gasteiger partial charge in [-0.2, -0.15) is 0 Å². The molecule has 2 aliphatic carbocycles. The smallest absolute Gasteiger partial charge is 0.303 e. The van der Waals surface area contributed by atoms with Crippen molar-refractivity contribution in [2.75, 3.05) is 0 Å². The van der Waals surface area contributed by atoms with Crippen LogP contribution >= 0.6 is 0 Å². The second kappa shape index (κ2) is 9.42. The highest BCUT2D eigenvalue weighted by Crippen LogP contribution is 2.60. The Morgan fingerprint density at radius 1 is 1.16 bits per heavy atom. The number of nitrogens with one attached hydrogen (secondary N) is 1. The lowest BCUT2D eigenvalue weighted by Crippen LogP contribution is -2.63. The highest BCUT2D eigenvalue weighted by molar-refractivity contribution is 5.98. The molecule has 2 saturated heterocycles. The molecule has 2 heterocycles. The minimum absolute atomic E-state index is 0.0974. The van der Waals surface area contributed by atoms with E-state index in [1.54, 1.807) is 19.1 Å². The molecule has 0 aromatic heterocycles. The molecule has 2 N–H and O–H groups in total. The van der Waals surface area contributed by atoms with Crippen molar-refractivity contribution < 1.29 is 33.8 Å². The summed E-state index contributed by atoms with van der Waals surface area (Å²) in [5.41, 5.74) is -2.24. The summed E-state index contributed by atoms with van der Waals surface area (Å²) in [6, 6.07) is 9.52. The molecule has 8 heteroatoms. The van der Waals surface area contributed by atoms with Crippen LogP contribution in [0.15, 0.2) is 42.5 Å². The van der Waals surface area contributed by atoms with Crippen molar-refractivity contribution >= 4 is 23.4 Å². The fourth-order valence-corrected chi connectivity index (χ4v) is 7.49. The van der Waals surface area contributed by atoms with Gasteiger partial charge in [0.15, 0.2) is 5.78 Å². The average molecular weight is 524 g/mol. The number of hydrogen-bond acceptors (Lipinski definition) is 7. The fourth-order valence-electron chi connectivity index (χ4n) is 7.49. The van der Waals surface area contributed by atoms with E-state index in [2.05, 4.69) is 5.32 Å². The third-order valence-electron chi connectivity index (χ3n) is 9.52. The van der Waals surface area contributed by atoms with Crippen LogP contribution in [0, 0.1) is 35.0 Å². The molecule has 38 heavy (non-hydrogen) atoms. The van der Waals surface area contributed by atoms with Crippen LogP contribution < -0.4 is 5.32 Å². The number of esters is 1. The average Bonchev–Trinajstić information content (AvgIpc) is 3.62. The first kappa shape index (κ1) is 26.8. The molecular weight excluding hydrogens is 486 g/mol. The van der Waals surface area contributed by atoms with Crippen LogP contribution in [0.1, 0.15) is 46.6 Å². The van der Waals surface area contributed by atoms with Gasteiger partial charge in [-0.3, -0.25) is 19.2 Å². The fraction of sp³-hybridized carbons (Fsp3) is 0.600. The standard InChI is InChI=1S/C30H37NO7/c1-15-10-9-13-20-23(33)17(3)16(2)22-21(14-19-11-7-6-8-12-19)31-28(35)30(20,22)27(37-18(4)32)24-26(38-24)29(5,36)25(15)34/h6-9,11-13,15-17,20-22,24,26-27,36H,10,14H2,1-5H3,(H,31,35)/t15-,16+,17+,20-,21-,22-,24+,26+,27+,29-,30-/m0/s1. The Hall–Kier alpha value is -2.84. The van der Waals surface area contributed by atoms with Gasteiger partial charge in [0.2, 0.25) is 5.91 Å². The normalized spacial score (nSPS) is 44.3. The van der Waals surface area contributed by atoms with Gasteiger partial charge >= 0.3 is 5.97 Å². The zero-order valence-electron chi connectivity index (χ0n) is 22.5. The van der Waals surface area contributed by atoms with Crippen molar-refractivity contribution in [3.63, 3.8) is 0 Å². The maximum Gasteiger partial charge on any atom is 0.303 e. The second-order valence-corrected chi connectivity index (χ2v) is 11.9. The summed E-state index contributed by atoms with van der Waals surface area (Å²) in [6.07, 6.45) is 1.34. The molecule has 1 aromatic rings. The van der Waals surface area contributed by atoms with Crippen LogP contribution in [-0.4, -0.2) is 58.5 Å². The summed E-state index contributed by atoms with van der Waals surface area (Å²) in [7, 11) is 0. The quantitative estimate of drug-likeness (QED) is 0.354. The van der Waals surface area contributed by atoms with Gasteiger partial charge in [0.1, 0.15) is 35.1 Å². The number of benzene rings is 1. The van der Waals surface area contributed by atoms with Gasteiger partial charge in [-0.25, -0.2) is 0 Å². The molecular formula is C30H37NO7. The lowest BCUT2D eigenvalue weighted by atomic mass is 9.50. The van der Waals surface area contributed by atoms with Gasteiger partial charge in [0.25, 0.3) is 0 Å². The van der Waals surface area contributed by atoms with E-state index in [-0.39, 0.29) is 41.3 Å². The van der Waals surface area contributed by atoms with Crippen LogP contribution in [0.5, 0.6) is 0 Å². The lowest BCUT2D eigenvalue weighted by Gasteiger charge is -2.51. The van der Waals surface area contributed by atoms with Gasteiger partial charge in [-0.1, -0.05) is 63.3 Å². The molecule has 8 nitrogen and oxygen atoms in total. The van der Waals surface area contributed by atoms with Gasteiger partial charge < -0.3 is 19.9 Å². The van der Waals surface area contributed by atoms with E-state index in [4.69, 9.17) is 9.47 Å². The Kier molecular flexibility index (Phi) is 6.63. The Morgan fingerprint density at radius 3 is 2.50 bits per heavy atom. The van der Waals surface area contributed by atoms with Gasteiger partial charge in [-0.15, -0.1) is 0 Å². The molecule has 0 radical (unpaired) electrons. The first-order valence-corrected chi connectivity index (χ1v) is 13.6. The number of ether oxygens (including phenoxy) is 2. The van der Waals surface area contributed by atoms with Crippen LogP contribution in [0.25, 0.3) is 0 Å². The maximum absolute atomic E-state index is 14.3. The highest BCUT2D eigenvalue weighted by atomic mass is 16.6. The highest BCUT2D eigenvalue weighted by Gasteiger charge is 2.75. The summed E-state index contributed by atoms with van der Waals surface area (Å²) in [5, 5.41) is 14.5. The third-order valence-corrected chi connectivity index (χ3v) is 9.52. The molecule has 1 amide bonds. The van der Waals surface area contributed by atoms with Crippen LogP contribution in [0.2, 0.25) is 0 Å². The predicted molar refractivity (Wildman–Crippen MR) is 138 cm³/mol. The number of aliphatic hydroxyl groups is 1. The number of Topliss-reactive ketones (excluding diaryl/α,β-unsaturated/α-hetero) is 2. The Bertz CT molecular complexity index is 1180.